The zero-order chi connectivity index (χ0) is 25.7. The van der Waals surface area contributed by atoms with E-state index in [2.05, 4.69) is 10.3 Å². The predicted molar refractivity (Wildman–Crippen MR) is 136 cm³/mol. The van der Waals surface area contributed by atoms with Gasteiger partial charge < -0.3 is 0 Å². The van der Waals surface area contributed by atoms with Crippen LogP contribution in [0.3, 0.4) is 0 Å². The van der Waals surface area contributed by atoms with Gasteiger partial charge in [-0.3, -0.25) is 24.4 Å². The van der Waals surface area contributed by atoms with E-state index >= 15 is 0 Å². The average molecular weight is 482 g/mol. The van der Waals surface area contributed by atoms with Crippen molar-refractivity contribution in [2.24, 2.45) is 0 Å². The average Bonchev–Trinajstić information content (AvgIpc) is 3.10. The second kappa shape index (κ2) is 8.46. The molecule has 9 nitrogen and oxygen atoms in total. The van der Waals surface area contributed by atoms with Crippen molar-refractivity contribution in [2.45, 2.75) is 27.7 Å². The summed E-state index contributed by atoms with van der Waals surface area (Å²) in [4.78, 5) is 57.3. The zero-order valence-corrected chi connectivity index (χ0v) is 20.2. The Kier molecular flexibility index (Phi) is 5.40. The first-order chi connectivity index (χ1) is 17.2. The van der Waals surface area contributed by atoms with Gasteiger partial charge in [0.05, 0.1) is 16.6 Å². The third-order valence-corrected chi connectivity index (χ3v) is 6.24. The zero-order valence-electron chi connectivity index (χ0n) is 20.2. The number of amides is 4. The number of imide groups is 2. The molecule has 36 heavy (non-hydrogen) atoms. The molecule has 9 heteroatoms. The number of fused-ring (bicyclic) bond motifs is 1. The molecule has 1 fully saturated rings. The topological polar surface area (TPSA) is 106 Å². The third kappa shape index (κ3) is 3.61. The van der Waals surface area contributed by atoms with Gasteiger partial charge in [0.2, 0.25) is 0 Å². The summed E-state index contributed by atoms with van der Waals surface area (Å²) in [5.74, 6) is -1.01. The van der Waals surface area contributed by atoms with Crippen LogP contribution in [0.25, 0.3) is 17.0 Å². The highest BCUT2D eigenvalue weighted by atomic mass is 16.2. The van der Waals surface area contributed by atoms with Gasteiger partial charge in [0.1, 0.15) is 11.4 Å². The number of nitrogens with zero attached hydrogens (tertiary/aromatic N) is 4. The first kappa shape index (κ1) is 23.0. The number of aromatic nitrogens is 3. The minimum absolute atomic E-state index is 0.184. The van der Waals surface area contributed by atoms with Gasteiger partial charge in [-0.2, -0.15) is 4.68 Å². The number of barbiturate groups is 1. The van der Waals surface area contributed by atoms with Gasteiger partial charge in [-0.1, -0.05) is 29.8 Å². The van der Waals surface area contributed by atoms with Crippen LogP contribution in [0.4, 0.5) is 10.5 Å². The van der Waals surface area contributed by atoms with E-state index in [1.54, 1.807) is 67.1 Å². The summed E-state index contributed by atoms with van der Waals surface area (Å²) in [7, 11) is 0. The van der Waals surface area contributed by atoms with Crippen molar-refractivity contribution >= 4 is 40.5 Å². The summed E-state index contributed by atoms with van der Waals surface area (Å²) in [5.41, 5.74) is 3.40. The van der Waals surface area contributed by atoms with Gasteiger partial charge in [-0.05, 0) is 69.7 Å². The summed E-state index contributed by atoms with van der Waals surface area (Å²) in [6, 6.07) is 14.9. The predicted octanol–water partition coefficient (Wildman–Crippen LogP) is 3.41. The number of benzene rings is 2. The molecule has 1 N–H and O–H groups in total. The molecule has 2 aromatic carbocycles. The molecule has 180 valence electrons. The summed E-state index contributed by atoms with van der Waals surface area (Å²) < 4.78 is 3.18. The monoisotopic (exact) mass is 481 g/mol. The summed E-state index contributed by atoms with van der Waals surface area (Å²) >= 11 is 0. The molecule has 3 heterocycles. The molecule has 0 saturated carbocycles. The van der Waals surface area contributed by atoms with Crippen molar-refractivity contribution < 1.29 is 14.4 Å². The van der Waals surface area contributed by atoms with E-state index in [-0.39, 0.29) is 11.1 Å². The fourth-order valence-corrected chi connectivity index (χ4v) is 4.44. The molecule has 0 aliphatic carbocycles. The van der Waals surface area contributed by atoms with Crippen LogP contribution in [-0.2, 0) is 9.59 Å². The number of hydrogen-bond donors (Lipinski definition) is 1. The third-order valence-electron chi connectivity index (χ3n) is 6.24. The number of carbonyl (C=O) groups is 3. The van der Waals surface area contributed by atoms with Crippen LogP contribution >= 0.6 is 0 Å². The molecule has 0 radical (unpaired) electrons. The number of nitrogens with one attached hydrogen (secondary N) is 1. The Bertz CT molecular complexity index is 1680. The Hall–Kier alpha value is -4.79. The van der Waals surface area contributed by atoms with E-state index in [1.807, 2.05) is 19.9 Å². The van der Waals surface area contributed by atoms with Crippen LogP contribution in [-0.4, -0.2) is 32.2 Å². The van der Waals surface area contributed by atoms with Gasteiger partial charge in [0.25, 0.3) is 17.4 Å². The van der Waals surface area contributed by atoms with Crippen molar-refractivity contribution in [1.29, 1.82) is 0 Å². The van der Waals surface area contributed by atoms with Crippen molar-refractivity contribution in [3.05, 3.63) is 98.9 Å². The molecule has 1 saturated heterocycles. The summed E-state index contributed by atoms with van der Waals surface area (Å²) in [5, 5.41) is 2.72. The highest BCUT2D eigenvalue weighted by molar-refractivity contribution is 6.39. The van der Waals surface area contributed by atoms with E-state index in [0.717, 1.165) is 10.5 Å². The number of carbonyl (C=O) groups excluding carboxylic acids is 3. The molecule has 0 bridgehead atoms. The number of urea groups is 1. The Labute approximate surface area is 206 Å². The van der Waals surface area contributed by atoms with Crippen LogP contribution < -0.4 is 15.8 Å². The highest BCUT2D eigenvalue weighted by Crippen LogP contribution is 2.24. The quantitative estimate of drug-likeness (QED) is 0.357. The fraction of sp³-hybridized carbons (Fsp3) is 0.148. The van der Waals surface area contributed by atoms with E-state index in [9.17, 15) is 19.2 Å². The Morgan fingerprint density at radius 2 is 1.56 bits per heavy atom. The van der Waals surface area contributed by atoms with Gasteiger partial charge in [0.15, 0.2) is 0 Å². The Balaban J connectivity index is 1.62. The van der Waals surface area contributed by atoms with Crippen LogP contribution in [0.15, 0.2) is 65.0 Å². The first-order valence-electron chi connectivity index (χ1n) is 11.3. The molecule has 1 aliphatic heterocycles. The number of anilines is 1. The molecule has 5 rings (SSSR count). The van der Waals surface area contributed by atoms with Crippen molar-refractivity contribution in [3.8, 4) is 0 Å². The number of aryl methyl sites for hydroxylation is 3. The lowest BCUT2D eigenvalue weighted by molar-refractivity contribution is -0.122. The van der Waals surface area contributed by atoms with E-state index in [4.69, 9.17) is 0 Å². The Morgan fingerprint density at radius 1 is 0.861 bits per heavy atom. The maximum Gasteiger partial charge on any atom is 0.335 e. The summed E-state index contributed by atoms with van der Waals surface area (Å²) in [6.07, 6.45) is 1.44. The minimum atomic E-state index is -0.805. The molecular weight excluding hydrogens is 458 g/mol. The second-order valence-electron chi connectivity index (χ2n) is 8.72. The Morgan fingerprint density at radius 3 is 2.28 bits per heavy atom. The van der Waals surface area contributed by atoms with E-state index in [0.29, 0.717) is 39.4 Å². The molecule has 2 aromatic heterocycles. The first-order valence-corrected chi connectivity index (χ1v) is 11.3. The van der Waals surface area contributed by atoms with Crippen molar-refractivity contribution in [1.82, 2.24) is 19.7 Å². The fourth-order valence-electron chi connectivity index (χ4n) is 4.44. The van der Waals surface area contributed by atoms with Crippen LogP contribution in [0.5, 0.6) is 0 Å². The minimum Gasteiger partial charge on any atom is -0.273 e. The lowest BCUT2D eigenvalue weighted by Gasteiger charge is -2.26. The number of para-hydroxylation sites is 1. The highest BCUT2D eigenvalue weighted by Gasteiger charge is 2.37. The van der Waals surface area contributed by atoms with Crippen LogP contribution in [0, 0.1) is 27.7 Å². The molecule has 4 aromatic rings. The summed E-state index contributed by atoms with van der Waals surface area (Å²) in [6.45, 7) is 7.24. The second-order valence-corrected chi connectivity index (χ2v) is 8.72. The van der Waals surface area contributed by atoms with E-state index in [1.165, 1.54) is 10.8 Å². The molecular formula is C27H23N5O4. The van der Waals surface area contributed by atoms with Gasteiger partial charge in [-0.15, -0.1) is 0 Å². The number of rotatable bonds is 3. The molecule has 0 atom stereocenters. The standard InChI is InChI=1S/C27H23N5O4/c1-15-9-11-20(12-10-15)30-25(34)22(24(33)29-27(30)36)14-19-13-16(2)31(17(19)3)32-18(4)28-23-8-6-5-7-21(23)26(32)35/h5-14H,1-4H3,(H,29,33,36). The lowest BCUT2D eigenvalue weighted by atomic mass is 10.1. The van der Waals surface area contributed by atoms with Crippen LogP contribution in [0.1, 0.15) is 28.3 Å². The largest absolute Gasteiger partial charge is 0.335 e. The van der Waals surface area contributed by atoms with E-state index < -0.39 is 17.8 Å². The molecule has 0 unspecified atom stereocenters. The van der Waals surface area contributed by atoms with Crippen LogP contribution in [0.2, 0.25) is 0 Å². The maximum atomic E-state index is 13.3. The van der Waals surface area contributed by atoms with Crippen molar-refractivity contribution in [3.63, 3.8) is 0 Å². The smallest absolute Gasteiger partial charge is 0.273 e. The molecule has 1 aliphatic rings. The maximum absolute atomic E-state index is 13.3. The number of hydrogen-bond acceptors (Lipinski definition) is 5. The van der Waals surface area contributed by atoms with Gasteiger partial charge >= 0.3 is 6.03 Å². The van der Waals surface area contributed by atoms with Crippen molar-refractivity contribution in [2.75, 3.05) is 4.90 Å². The molecule has 4 amide bonds. The SMILES string of the molecule is Cc1ccc(N2C(=O)NC(=O)C(=Cc3cc(C)n(-n4c(C)nc5ccccc5c4=O)c3C)C2=O)cc1. The lowest BCUT2D eigenvalue weighted by Crippen LogP contribution is -2.54. The van der Waals surface area contributed by atoms with Gasteiger partial charge in [0, 0.05) is 11.4 Å². The normalized spacial score (nSPS) is 15.2. The van der Waals surface area contributed by atoms with Gasteiger partial charge in [-0.25, -0.2) is 14.7 Å². The molecule has 0 spiro atoms.